The van der Waals surface area contributed by atoms with Crippen molar-refractivity contribution in [1.82, 2.24) is 0 Å². The predicted octanol–water partition coefficient (Wildman–Crippen LogP) is 1.45. The number of nitrogens with one attached hydrogen (secondary N) is 1. The Hall–Kier alpha value is -0.650. The van der Waals surface area contributed by atoms with Crippen molar-refractivity contribution in [2.75, 3.05) is 11.1 Å². The number of fused-ring (bicyclic) bond motifs is 1. The minimum absolute atomic E-state index is 0. The fraction of sp³-hybridized carbons (Fsp3) is 0. The summed E-state index contributed by atoms with van der Waals surface area (Å²) in [5.74, 6) is -2.26. The molecule has 1 aliphatic rings. The Morgan fingerprint density at radius 3 is 2.07 bits per heavy atom. The van der Waals surface area contributed by atoms with E-state index in [4.69, 9.17) is 34.0 Å². The molecule has 0 radical (unpaired) electrons. The van der Waals surface area contributed by atoms with Gasteiger partial charge in [-0.05, 0) is 56.1 Å². The molecule has 0 atom stereocenters. The maximum Gasteiger partial charge on any atom is 1.00 e. The number of nitrogen functional groups attached to an aromatic ring is 1. The van der Waals surface area contributed by atoms with Crippen LogP contribution < -0.4 is 40.6 Å². The molecular weight excluding hydrogens is 542 g/mol. The predicted molar refractivity (Wildman–Crippen MR) is 105 cm³/mol. The number of carboxylic acids is 1. The van der Waals surface area contributed by atoms with Crippen molar-refractivity contribution in [3.8, 4) is 0 Å². The number of hydrogen-bond donors (Lipinski definition) is 3. The molecule has 0 saturated carbocycles. The standard InChI is InChI=1S/C8H3BrClNO2.C7H5BrClNO2.Na.H2O/c9-6-3(10)1-2-4-5(6)7(12)8(13)11-4;8-6-3(9)1-2-4(10)5(6)7(11)12;;/h1-2H,(H,11,12,13);1-2H,10H2,(H,11,12);;1H2/q;;+1;/p-1. The summed E-state index contributed by atoms with van der Waals surface area (Å²) in [4.78, 5) is 32.9. The van der Waals surface area contributed by atoms with Gasteiger partial charge in [-0.1, -0.05) is 23.2 Å². The number of rotatable bonds is 1. The summed E-state index contributed by atoms with van der Waals surface area (Å²) in [6.07, 6.45) is 0. The summed E-state index contributed by atoms with van der Waals surface area (Å²) in [6.45, 7) is 0. The number of hydrogen-bond acceptors (Lipinski definition) is 5. The van der Waals surface area contributed by atoms with Gasteiger partial charge in [0, 0.05) is 10.2 Å². The number of halogens is 4. The van der Waals surface area contributed by atoms with E-state index in [1.165, 1.54) is 12.1 Å². The monoisotopic (exact) mass is 548 g/mol. The van der Waals surface area contributed by atoms with Gasteiger partial charge < -0.3 is 21.6 Å². The molecule has 0 spiro atoms. The van der Waals surface area contributed by atoms with Crippen LogP contribution in [0.5, 0.6) is 0 Å². The number of carbonyl (C=O) groups is 3. The molecule has 0 saturated heterocycles. The van der Waals surface area contributed by atoms with Crippen LogP contribution in [0.15, 0.2) is 33.2 Å². The Morgan fingerprint density at radius 2 is 1.56 bits per heavy atom. The van der Waals surface area contributed by atoms with E-state index in [1.807, 2.05) is 0 Å². The van der Waals surface area contributed by atoms with Gasteiger partial charge in [-0.25, -0.2) is 4.79 Å². The third kappa shape index (κ3) is 5.68. The summed E-state index contributed by atoms with van der Waals surface area (Å²) in [5.41, 5.74) is 6.44. The first-order valence-electron chi connectivity index (χ1n) is 6.45. The minimum Gasteiger partial charge on any atom is -0.870 e. The number of benzene rings is 2. The van der Waals surface area contributed by atoms with Crippen LogP contribution in [0.3, 0.4) is 0 Å². The largest absolute Gasteiger partial charge is 1.00 e. The van der Waals surface area contributed by atoms with E-state index < -0.39 is 17.7 Å². The Bertz CT molecular complexity index is 928. The number of carboxylic acid groups (broad SMARTS) is 1. The molecule has 2 aromatic rings. The number of amides is 1. The van der Waals surface area contributed by atoms with Crippen molar-refractivity contribution in [2.24, 2.45) is 0 Å². The Kier molecular flexibility index (Phi) is 10.5. The molecule has 1 heterocycles. The van der Waals surface area contributed by atoms with Gasteiger partial charge in [-0.15, -0.1) is 0 Å². The smallest absolute Gasteiger partial charge is 0.870 e. The first-order valence-corrected chi connectivity index (χ1v) is 8.79. The zero-order chi connectivity index (χ0) is 18.9. The second-order valence-corrected chi connectivity index (χ2v) is 7.10. The Morgan fingerprint density at radius 1 is 1.04 bits per heavy atom. The second kappa shape index (κ2) is 10.8. The van der Waals surface area contributed by atoms with Crippen molar-refractivity contribution < 1.29 is 54.5 Å². The summed E-state index contributed by atoms with van der Waals surface area (Å²) in [5, 5.41) is 11.9. The van der Waals surface area contributed by atoms with E-state index in [0.29, 0.717) is 30.2 Å². The van der Waals surface area contributed by atoms with Gasteiger partial charge in [-0.2, -0.15) is 0 Å². The number of anilines is 2. The first kappa shape index (κ1) is 26.4. The molecule has 5 N–H and O–H groups in total. The molecule has 0 fully saturated rings. The van der Waals surface area contributed by atoms with Gasteiger partial charge >= 0.3 is 35.5 Å². The zero-order valence-electron chi connectivity index (χ0n) is 13.5. The van der Waals surface area contributed by atoms with E-state index in [-0.39, 0.29) is 46.3 Å². The molecule has 138 valence electrons. The third-order valence-electron chi connectivity index (χ3n) is 3.12. The first-order chi connectivity index (χ1) is 11.6. The fourth-order valence-electron chi connectivity index (χ4n) is 1.95. The van der Waals surface area contributed by atoms with Crippen LogP contribution in [0.2, 0.25) is 10.0 Å². The Balaban J connectivity index is 0.000000468. The van der Waals surface area contributed by atoms with E-state index in [1.54, 1.807) is 12.1 Å². The molecule has 1 aliphatic heterocycles. The van der Waals surface area contributed by atoms with Gasteiger partial charge in [0.1, 0.15) is 0 Å². The average Bonchev–Trinajstić information content (AvgIpc) is 2.83. The van der Waals surface area contributed by atoms with Crippen molar-refractivity contribution in [3.05, 3.63) is 54.4 Å². The van der Waals surface area contributed by atoms with E-state index in [9.17, 15) is 14.4 Å². The average molecular weight is 551 g/mol. The number of nitrogens with two attached hydrogens (primary N) is 1. The SMILES string of the molecule is Nc1ccc(Cl)c(Br)c1C(=O)O.O=C1Nc2ccc(Cl)c(Br)c2C1=O.[Na+].[OH-]. The van der Waals surface area contributed by atoms with Gasteiger partial charge in [-0.3, -0.25) is 9.59 Å². The van der Waals surface area contributed by atoms with Crippen LogP contribution in [-0.2, 0) is 4.79 Å². The molecule has 0 unspecified atom stereocenters. The summed E-state index contributed by atoms with van der Waals surface area (Å²) >= 11 is 17.6. The molecule has 0 aliphatic carbocycles. The van der Waals surface area contributed by atoms with Gasteiger partial charge in [0.25, 0.3) is 11.7 Å². The van der Waals surface area contributed by atoms with E-state index in [2.05, 4.69) is 37.2 Å². The number of ketones is 1. The summed E-state index contributed by atoms with van der Waals surface area (Å²) in [7, 11) is 0. The molecule has 0 bridgehead atoms. The van der Waals surface area contributed by atoms with Crippen LogP contribution in [0.4, 0.5) is 11.4 Å². The molecule has 7 nitrogen and oxygen atoms in total. The van der Waals surface area contributed by atoms with Gasteiger partial charge in [0.05, 0.1) is 31.3 Å². The van der Waals surface area contributed by atoms with Crippen molar-refractivity contribution >= 4 is 84.1 Å². The minimum atomic E-state index is -1.10. The third-order valence-corrected chi connectivity index (χ3v) is 5.85. The maximum absolute atomic E-state index is 11.3. The van der Waals surface area contributed by atoms with Crippen LogP contribution in [0.25, 0.3) is 0 Å². The molecular formula is C15H9Br2Cl2N2NaO5. The van der Waals surface area contributed by atoms with Crippen molar-refractivity contribution in [1.29, 1.82) is 0 Å². The molecule has 2 aromatic carbocycles. The van der Waals surface area contributed by atoms with Crippen molar-refractivity contribution in [3.63, 3.8) is 0 Å². The van der Waals surface area contributed by atoms with Crippen LogP contribution in [-0.4, -0.2) is 28.2 Å². The normalized spacial score (nSPS) is 11.3. The number of Topliss-reactive ketones (excluding diaryl/α,β-unsaturated/α-hetero) is 1. The molecule has 1 amide bonds. The number of carbonyl (C=O) groups excluding carboxylic acids is 2. The quantitative estimate of drug-likeness (QED) is 0.279. The zero-order valence-corrected chi connectivity index (χ0v) is 20.2. The molecule has 3 rings (SSSR count). The maximum atomic E-state index is 11.3. The Labute approximate surface area is 202 Å². The summed E-state index contributed by atoms with van der Waals surface area (Å²) < 4.78 is 0.784. The van der Waals surface area contributed by atoms with Crippen LogP contribution in [0.1, 0.15) is 20.7 Å². The second-order valence-electron chi connectivity index (χ2n) is 4.70. The van der Waals surface area contributed by atoms with Crippen LogP contribution in [0, 0.1) is 0 Å². The van der Waals surface area contributed by atoms with Gasteiger partial charge in [0.2, 0.25) is 0 Å². The van der Waals surface area contributed by atoms with Crippen LogP contribution >= 0.6 is 55.1 Å². The molecule has 12 heteroatoms. The van der Waals surface area contributed by atoms with E-state index >= 15 is 0 Å². The fourth-order valence-corrected chi connectivity index (χ4v) is 3.32. The van der Waals surface area contributed by atoms with Crippen molar-refractivity contribution in [2.45, 2.75) is 0 Å². The topological polar surface area (TPSA) is 139 Å². The molecule has 0 aromatic heterocycles. The number of aromatic carboxylic acids is 1. The molecule has 27 heavy (non-hydrogen) atoms. The summed E-state index contributed by atoms with van der Waals surface area (Å²) in [6, 6.07) is 6.21. The van der Waals surface area contributed by atoms with Gasteiger partial charge in [0.15, 0.2) is 0 Å². The van der Waals surface area contributed by atoms with E-state index in [0.717, 1.165) is 0 Å².